The van der Waals surface area contributed by atoms with Gasteiger partial charge in [0.15, 0.2) is 6.04 Å². The van der Waals surface area contributed by atoms with E-state index < -0.39 is 12.0 Å². The monoisotopic (exact) mass is 266 g/mol. The van der Waals surface area contributed by atoms with Gasteiger partial charge in [0.2, 0.25) is 5.91 Å². The maximum absolute atomic E-state index is 12.0. The minimum atomic E-state index is -1.09. The smallest absolute Gasteiger partial charge is 0.331 e. The molecular formula is C12H18N4O3. The lowest BCUT2D eigenvalue weighted by molar-refractivity contribution is -0.142. The summed E-state index contributed by atoms with van der Waals surface area (Å²) in [6, 6.07) is -1.35. The molecule has 104 valence electrons. The number of aryl methyl sites for hydroxylation is 1. The lowest BCUT2D eigenvalue weighted by atomic mass is 10.0. The number of aromatic nitrogens is 2. The Morgan fingerprint density at radius 3 is 2.89 bits per heavy atom. The van der Waals surface area contributed by atoms with E-state index in [1.165, 1.54) is 10.9 Å². The molecule has 0 radical (unpaired) electrons. The Kier molecular flexibility index (Phi) is 4.16. The third-order valence-electron chi connectivity index (χ3n) is 3.22. The summed E-state index contributed by atoms with van der Waals surface area (Å²) in [6.45, 7) is 0.794. The van der Waals surface area contributed by atoms with Crippen molar-refractivity contribution in [3.8, 4) is 0 Å². The van der Waals surface area contributed by atoms with Crippen molar-refractivity contribution in [3.05, 3.63) is 18.0 Å². The van der Waals surface area contributed by atoms with Gasteiger partial charge in [0.1, 0.15) is 0 Å². The van der Waals surface area contributed by atoms with Crippen molar-refractivity contribution in [2.24, 2.45) is 7.05 Å². The molecule has 1 aromatic rings. The van der Waals surface area contributed by atoms with Crippen molar-refractivity contribution in [2.45, 2.75) is 31.3 Å². The van der Waals surface area contributed by atoms with Crippen LogP contribution in [-0.2, 0) is 16.6 Å². The van der Waals surface area contributed by atoms with E-state index in [9.17, 15) is 14.7 Å². The van der Waals surface area contributed by atoms with E-state index in [1.807, 2.05) is 0 Å². The van der Waals surface area contributed by atoms with Crippen LogP contribution in [-0.4, -0.2) is 39.4 Å². The molecule has 1 amide bonds. The van der Waals surface area contributed by atoms with Gasteiger partial charge in [0, 0.05) is 18.8 Å². The lowest BCUT2D eigenvalue weighted by Gasteiger charge is -2.24. The van der Waals surface area contributed by atoms with Crippen LogP contribution in [0.5, 0.6) is 0 Å². The van der Waals surface area contributed by atoms with E-state index in [2.05, 4.69) is 15.7 Å². The summed E-state index contributed by atoms with van der Waals surface area (Å²) in [5, 5.41) is 18.8. The summed E-state index contributed by atoms with van der Waals surface area (Å²) in [4.78, 5) is 23.3. The quantitative estimate of drug-likeness (QED) is 0.701. The van der Waals surface area contributed by atoms with E-state index in [0.717, 1.165) is 25.8 Å². The topological polar surface area (TPSA) is 96.2 Å². The van der Waals surface area contributed by atoms with Gasteiger partial charge in [-0.25, -0.2) is 4.79 Å². The predicted molar refractivity (Wildman–Crippen MR) is 67.4 cm³/mol. The molecule has 0 aromatic carbocycles. The molecule has 1 fully saturated rings. The molecule has 2 atom stereocenters. The third-order valence-corrected chi connectivity index (χ3v) is 3.22. The first-order valence-corrected chi connectivity index (χ1v) is 6.33. The zero-order valence-corrected chi connectivity index (χ0v) is 10.8. The standard InChI is InChI=1S/C12H18N4O3/c1-16-7-8(6-14-16)10(12(18)19)15-11(17)9-4-2-3-5-13-9/h6-7,9-10,13H,2-5H2,1H3,(H,15,17)(H,18,19). The highest BCUT2D eigenvalue weighted by molar-refractivity contribution is 5.87. The first kappa shape index (κ1) is 13.5. The van der Waals surface area contributed by atoms with Crippen LogP contribution in [0.15, 0.2) is 12.4 Å². The van der Waals surface area contributed by atoms with E-state index in [0.29, 0.717) is 5.56 Å². The Balaban J connectivity index is 2.04. The van der Waals surface area contributed by atoms with Crippen LogP contribution in [0.3, 0.4) is 0 Å². The number of carboxylic acids is 1. The van der Waals surface area contributed by atoms with Gasteiger partial charge in [-0.15, -0.1) is 0 Å². The molecule has 7 heteroatoms. The number of carbonyl (C=O) groups excluding carboxylic acids is 1. The van der Waals surface area contributed by atoms with Crippen molar-refractivity contribution in [3.63, 3.8) is 0 Å². The molecule has 3 N–H and O–H groups in total. The van der Waals surface area contributed by atoms with Gasteiger partial charge in [0.25, 0.3) is 0 Å². The van der Waals surface area contributed by atoms with E-state index in [1.54, 1.807) is 13.2 Å². The van der Waals surface area contributed by atoms with Gasteiger partial charge >= 0.3 is 5.97 Å². The molecule has 2 unspecified atom stereocenters. The Morgan fingerprint density at radius 1 is 1.58 bits per heavy atom. The summed E-state index contributed by atoms with van der Waals surface area (Å²) in [5.74, 6) is -1.35. The van der Waals surface area contributed by atoms with Crippen molar-refractivity contribution in [1.82, 2.24) is 20.4 Å². The summed E-state index contributed by atoms with van der Waals surface area (Å²) in [5.41, 5.74) is 0.471. The molecule has 0 bridgehead atoms. The second-order valence-corrected chi connectivity index (χ2v) is 4.73. The van der Waals surface area contributed by atoms with Crippen molar-refractivity contribution >= 4 is 11.9 Å². The van der Waals surface area contributed by atoms with E-state index in [4.69, 9.17) is 0 Å². The number of rotatable bonds is 4. The summed E-state index contributed by atoms with van der Waals surface area (Å²) < 4.78 is 1.51. The van der Waals surface area contributed by atoms with E-state index in [-0.39, 0.29) is 11.9 Å². The molecular weight excluding hydrogens is 248 g/mol. The van der Waals surface area contributed by atoms with Gasteiger partial charge < -0.3 is 15.7 Å². The van der Waals surface area contributed by atoms with Gasteiger partial charge in [-0.3, -0.25) is 9.48 Å². The SMILES string of the molecule is Cn1cc(C(NC(=O)C2CCCCN2)C(=O)O)cn1. The second-order valence-electron chi connectivity index (χ2n) is 4.73. The first-order chi connectivity index (χ1) is 9.08. The highest BCUT2D eigenvalue weighted by atomic mass is 16.4. The lowest BCUT2D eigenvalue weighted by Crippen LogP contribution is -2.48. The molecule has 1 saturated heterocycles. The van der Waals surface area contributed by atoms with Crippen molar-refractivity contribution < 1.29 is 14.7 Å². The number of nitrogens with zero attached hydrogens (tertiary/aromatic N) is 2. The fraction of sp³-hybridized carbons (Fsp3) is 0.583. The minimum Gasteiger partial charge on any atom is -0.479 e. The number of aliphatic carboxylic acids is 1. The number of hydrogen-bond acceptors (Lipinski definition) is 4. The Hall–Kier alpha value is -1.89. The molecule has 1 aromatic heterocycles. The van der Waals surface area contributed by atoms with Crippen LogP contribution in [0, 0.1) is 0 Å². The number of nitrogens with one attached hydrogen (secondary N) is 2. The third kappa shape index (κ3) is 3.31. The largest absolute Gasteiger partial charge is 0.479 e. The Morgan fingerprint density at radius 2 is 2.37 bits per heavy atom. The van der Waals surface area contributed by atoms with Crippen LogP contribution in [0.4, 0.5) is 0 Å². The number of carbonyl (C=O) groups is 2. The minimum absolute atomic E-state index is 0.268. The molecule has 1 aliphatic heterocycles. The molecule has 7 nitrogen and oxygen atoms in total. The predicted octanol–water partition coefficient (Wildman–Crippen LogP) is -0.196. The van der Waals surface area contributed by atoms with Gasteiger partial charge in [-0.05, 0) is 19.4 Å². The van der Waals surface area contributed by atoms with Crippen molar-refractivity contribution in [1.29, 1.82) is 0 Å². The number of piperidine rings is 1. The van der Waals surface area contributed by atoms with Crippen molar-refractivity contribution in [2.75, 3.05) is 6.54 Å². The maximum Gasteiger partial charge on any atom is 0.331 e. The average Bonchev–Trinajstić information content (AvgIpc) is 2.82. The number of hydrogen-bond donors (Lipinski definition) is 3. The highest BCUT2D eigenvalue weighted by Crippen LogP contribution is 2.14. The molecule has 2 rings (SSSR count). The highest BCUT2D eigenvalue weighted by Gasteiger charge is 2.28. The Labute approximate surface area is 111 Å². The van der Waals surface area contributed by atoms with Crippen LogP contribution >= 0.6 is 0 Å². The zero-order valence-electron chi connectivity index (χ0n) is 10.8. The average molecular weight is 266 g/mol. The fourth-order valence-electron chi connectivity index (χ4n) is 2.20. The molecule has 2 heterocycles. The van der Waals surface area contributed by atoms with Crippen LogP contribution in [0.1, 0.15) is 30.9 Å². The van der Waals surface area contributed by atoms with E-state index >= 15 is 0 Å². The molecule has 0 aliphatic carbocycles. The van der Waals surface area contributed by atoms with Crippen LogP contribution < -0.4 is 10.6 Å². The van der Waals surface area contributed by atoms with Gasteiger partial charge in [-0.2, -0.15) is 5.10 Å². The second kappa shape index (κ2) is 5.83. The molecule has 0 spiro atoms. The number of amides is 1. The normalized spacial score (nSPS) is 20.8. The van der Waals surface area contributed by atoms with Crippen LogP contribution in [0.25, 0.3) is 0 Å². The van der Waals surface area contributed by atoms with Crippen LogP contribution in [0.2, 0.25) is 0 Å². The first-order valence-electron chi connectivity index (χ1n) is 6.33. The summed E-state index contributed by atoms with van der Waals surface area (Å²) in [6.07, 6.45) is 5.82. The Bertz CT molecular complexity index is 465. The summed E-state index contributed by atoms with van der Waals surface area (Å²) in [7, 11) is 1.70. The number of carboxylic acid groups (broad SMARTS) is 1. The van der Waals surface area contributed by atoms with Gasteiger partial charge in [-0.1, -0.05) is 6.42 Å². The zero-order chi connectivity index (χ0) is 13.8. The fourth-order valence-corrected chi connectivity index (χ4v) is 2.20. The van der Waals surface area contributed by atoms with Gasteiger partial charge in [0.05, 0.1) is 12.2 Å². The molecule has 0 saturated carbocycles. The maximum atomic E-state index is 12.0. The summed E-state index contributed by atoms with van der Waals surface area (Å²) >= 11 is 0. The molecule has 19 heavy (non-hydrogen) atoms. The molecule has 1 aliphatic rings.